The quantitative estimate of drug-likeness (QED) is 0.834. The number of hydrogen-bond acceptors (Lipinski definition) is 4. The number of methoxy groups -OCH3 is 1. The van der Waals surface area contributed by atoms with Crippen LogP contribution in [0.5, 0.6) is 0 Å². The van der Waals surface area contributed by atoms with Gasteiger partial charge in [0.15, 0.2) is 0 Å². The van der Waals surface area contributed by atoms with E-state index in [-0.39, 0.29) is 11.0 Å². The van der Waals surface area contributed by atoms with Gasteiger partial charge in [-0.05, 0) is 32.6 Å². The van der Waals surface area contributed by atoms with Crippen LogP contribution in [0.2, 0.25) is 0 Å². The molecule has 0 spiro atoms. The molecule has 0 N–H and O–H groups in total. The topological polar surface area (TPSA) is 35.0 Å². The van der Waals surface area contributed by atoms with Crippen molar-refractivity contribution in [1.82, 2.24) is 10.2 Å². The summed E-state index contributed by atoms with van der Waals surface area (Å²) >= 11 is 1.79. The van der Waals surface area contributed by atoms with Gasteiger partial charge in [0.25, 0.3) is 0 Å². The summed E-state index contributed by atoms with van der Waals surface area (Å²) in [5.74, 6) is 0.479. The van der Waals surface area contributed by atoms with E-state index in [0.717, 1.165) is 30.7 Å². The van der Waals surface area contributed by atoms with Gasteiger partial charge in [0, 0.05) is 18.4 Å². The Balaban J connectivity index is 2.13. The van der Waals surface area contributed by atoms with Crippen molar-refractivity contribution in [3.8, 4) is 0 Å². The molecule has 1 aliphatic rings. The summed E-state index contributed by atoms with van der Waals surface area (Å²) in [5, 5.41) is 11.1. The minimum Gasteiger partial charge on any atom is -0.379 e. The molecule has 0 unspecified atom stereocenters. The van der Waals surface area contributed by atoms with Crippen molar-refractivity contribution >= 4 is 11.3 Å². The molecule has 1 aromatic heterocycles. The van der Waals surface area contributed by atoms with Crippen LogP contribution in [-0.4, -0.2) is 22.9 Å². The molecule has 0 amide bonds. The van der Waals surface area contributed by atoms with Gasteiger partial charge in [-0.3, -0.25) is 0 Å². The lowest BCUT2D eigenvalue weighted by atomic mass is 9.70. The summed E-state index contributed by atoms with van der Waals surface area (Å²) in [7, 11) is 1.82. The molecule has 1 saturated carbocycles. The lowest BCUT2D eigenvalue weighted by Crippen LogP contribution is -2.39. The van der Waals surface area contributed by atoms with E-state index >= 15 is 0 Å². The second-order valence-electron chi connectivity index (χ2n) is 6.31. The molecule has 0 aliphatic heterocycles. The third-order valence-electron chi connectivity index (χ3n) is 4.35. The maximum Gasteiger partial charge on any atom is 0.123 e. The molecule has 3 nitrogen and oxygen atoms in total. The van der Waals surface area contributed by atoms with Gasteiger partial charge >= 0.3 is 0 Å². The Morgan fingerprint density at radius 3 is 2.17 bits per heavy atom. The van der Waals surface area contributed by atoms with Crippen molar-refractivity contribution in [2.45, 2.75) is 70.3 Å². The van der Waals surface area contributed by atoms with E-state index < -0.39 is 0 Å². The molecular formula is C14H24N2OS. The highest BCUT2D eigenvalue weighted by Gasteiger charge is 2.40. The third-order valence-corrected chi connectivity index (χ3v) is 5.88. The Kier molecular flexibility index (Phi) is 3.79. The number of rotatable bonds is 3. The van der Waals surface area contributed by atoms with E-state index in [1.54, 1.807) is 11.3 Å². The lowest BCUT2D eigenvalue weighted by molar-refractivity contribution is -0.0375. The predicted octanol–water partition coefficient (Wildman–Crippen LogP) is 3.90. The summed E-state index contributed by atoms with van der Waals surface area (Å²) in [6.45, 7) is 8.89. The van der Waals surface area contributed by atoms with E-state index in [1.165, 1.54) is 5.01 Å². The van der Waals surface area contributed by atoms with E-state index in [1.807, 2.05) is 7.11 Å². The zero-order chi connectivity index (χ0) is 13.4. The Hall–Kier alpha value is -0.480. The molecule has 0 aromatic carbocycles. The van der Waals surface area contributed by atoms with Gasteiger partial charge in [0.2, 0.25) is 0 Å². The molecule has 0 bridgehead atoms. The second-order valence-corrected chi connectivity index (χ2v) is 7.32. The molecule has 18 heavy (non-hydrogen) atoms. The van der Waals surface area contributed by atoms with Crippen LogP contribution in [0, 0.1) is 0 Å². The van der Waals surface area contributed by atoms with Crippen molar-refractivity contribution in [2.75, 3.05) is 7.11 Å². The summed E-state index contributed by atoms with van der Waals surface area (Å²) in [4.78, 5) is 0. The molecule has 0 saturated heterocycles. The van der Waals surface area contributed by atoms with Gasteiger partial charge in [-0.2, -0.15) is 0 Å². The monoisotopic (exact) mass is 268 g/mol. The maximum atomic E-state index is 5.62. The first kappa shape index (κ1) is 13.9. The highest BCUT2D eigenvalue weighted by Crippen LogP contribution is 2.45. The molecule has 4 heteroatoms. The SMILES string of the molecule is COC1(C)CCC(C)(c2nnc(C(C)C)s2)CC1. The van der Waals surface area contributed by atoms with E-state index in [0.29, 0.717) is 5.92 Å². The molecule has 0 atom stereocenters. The van der Waals surface area contributed by atoms with Crippen molar-refractivity contribution in [3.05, 3.63) is 10.0 Å². The first-order valence-corrected chi connectivity index (χ1v) is 7.59. The Bertz CT molecular complexity index is 406. The molecule has 1 aliphatic carbocycles. The Morgan fingerprint density at radius 2 is 1.72 bits per heavy atom. The first-order chi connectivity index (χ1) is 8.38. The van der Waals surface area contributed by atoms with E-state index in [4.69, 9.17) is 4.74 Å². The van der Waals surface area contributed by atoms with Gasteiger partial charge in [-0.15, -0.1) is 21.5 Å². The van der Waals surface area contributed by atoms with E-state index in [9.17, 15) is 0 Å². The molecule has 1 fully saturated rings. The largest absolute Gasteiger partial charge is 0.379 e. The van der Waals surface area contributed by atoms with E-state index in [2.05, 4.69) is 37.9 Å². The van der Waals surface area contributed by atoms with Crippen molar-refractivity contribution in [1.29, 1.82) is 0 Å². The normalized spacial score (nSPS) is 33.0. The average molecular weight is 268 g/mol. The smallest absolute Gasteiger partial charge is 0.123 e. The predicted molar refractivity (Wildman–Crippen MR) is 75.2 cm³/mol. The van der Waals surface area contributed by atoms with Gasteiger partial charge in [0.1, 0.15) is 10.0 Å². The zero-order valence-corrected chi connectivity index (χ0v) is 12.9. The summed E-state index contributed by atoms with van der Waals surface area (Å²) in [5.41, 5.74) is 0.258. The van der Waals surface area contributed by atoms with Crippen molar-refractivity contribution in [2.24, 2.45) is 0 Å². The fourth-order valence-electron chi connectivity index (χ4n) is 2.46. The molecular weight excluding hydrogens is 244 g/mol. The molecule has 1 aromatic rings. The van der Waals surface area contributed by atoms with Gasteiger partial charge in [0.05, 0.1) is 5.60 Å². The number of aromatic nitrogens is 2. The Morgan fingerprint density at radius 1 is 1.11 bits per heavy atom. The van der Waals surface area contributed by atoms with Gasteiger partial charge in [-0.1, -0.05) is 20.8 Å². The molecule has 1 heterocycles. The van der Waals surface area contributed by atoms with Crippen LogP contribution in [0.3, 0.4) is 0 Å². The van der Waals surface area contributed by atoms with Crippen molar-refractivity contribution in [3.63, 3.8) is 0 Å². The maximum absolute atomic E-state index is 5.62. The van der Waals surface area contributed by atoms with Crippen LogP contribution in [0.15, 0.2) is 0 Å². The zero-order valence-electron chi connectivity index (χ0n) is 12.1. The molecule has 2 rings (SSSR count). The van der Waals surface area contributed by atoms with Crippen LogP contribution in [-0.2, 0) is 10.2 Å². The van der Waals surface area contributed by atoms with Crippen LogP contribution in [0.1, 0.15) is 69.3 Å². The highest BCUT2D eigenvalue weighted by atomic mass is 32.1. The number of nitrogens with zero attached hydrogens (tertiary/aromatic N) is 2. The minimum absolute atomic E-state index is 0.0606. The summed E-state index contributed by atoms with van der Waals surface area (Å²) in [6.07, 6.45) is 4.50. The lowest BCUT2D eigenvalue weighted by Gasteiger charge is -2.41. The highest BCUT2D eigenvalue weighted by molar-refractivity contribution is 7.11. The molecule has 102 valence electrons. The summed E-state index contributed by atoms with van der Waals surface area (Å²) in [6, 6.07) is 0. The van der Waals surface area contributed by atoms with Gasteiger partial charge < -0.3 is 4.74 Å². The number of ether oxygens (including phenoxy) is 1. The average Bonchev–Trinajstić information content (AvgIpc) is 2.84. The van der Waals surface area contributed by atoms with Crippen LogP contribution < -0.4 is 0 Å². The third kappa shape index (κ3) is 2.59. The molecule has 0 radical (unpaired) electrons. The van der Waals surface area contributed by atoms with Crippen molar-refractivity contribution < 1.29 is 4.74 Å². The number of hydrogen-bond donors (Lipinski definition) is 0. The minimum atomic E-state index is 0.0606. The van der Waals surface area contributed by atoms with Crippen LogP contribution in [0.4, 0.5) is 0 Å². The summed E-state index contributed by atoms with van der Waals surface area (Å²) < 4.78 is 5.62. The second kappa shape index (κ2) is 4.89. The van der Waals surface area contributed by atoms with Crippen LogP contribution >= 0.6 is 11.3 Å². The standard InChI is InChI=1S/C14H24N2OS/c1-10(2)11-15-16-12(18-11)13(3)6-8-14(4,17-5)9-7-13/h10H,6-9H2,1-5H3. The van der Waals surface area contributed by atoms with Crippen LogP contribution in [0.25, 0.3) is 0 Å². The van der Waals surface area contributed by atoms with Gasteiger partial charge in [-0.25, -0.2) is 0 Å². The first-order valence-electron chi connectivity index (χ1n) is 6.78. The fraction of sp³-hybridized carbons (Fsp3) is 0.857. The fourth-order valence-corrected chi connectivity index (χ4v) is 3.51. The Labute approximate surface area is 114 Å².